The van der Waals surface area contributed by atoms with E-state index >= 15 is 0 Å². The quantitative estimate of drug-likeness (QED) is 0.0662. The van der Waals surface area contributed by atoms with Gasteiger partial charge in [-0.25, -0.2) is 9.44 Å². The van der Waals surface area contributed by atoms with Gasteiger partial charge in [0.1, 0.15) is 12.1 Å². The maximum absolute atomic E-state index is 14.1. The van der Waals surface area contributed by atoms with E-state index in [2.05, 4.69) is 46.2 Å². The van der Waals surface area contributed by atoms with Crippen LogP contribution in [0.25, 0.3) is 0 Å². The molecule has 53 heavy (non-hydrogen) atoms. The molecule has 1 aliphatic heterocycles. The van der Waals surface area contributed by atoms with E-state index in [-0.39, 0.29) is 23.6 Å². The van der Waals surface area contributed by atoms with Crippen molar-refractivity contribution in [2.24, 2.45) is 0 Å². The van der Waals surface area contributed by atoms with Gasteiger partial charge in [-0.05, 0) is 81.1 Å². The maximum Gasteiger partial charge on any atom is 0.242 e. The first-order chi connectivity index (χ1) is 25.8. The Labute approximate surface area is 320 Å². The average molecular weight is 752 g/mol. The van der Waals surface area contributed by atoms with Gasteiger partial charge >= 0.3 is 0 Å². The highest BCUT2D eigenvalue weighted by Gasteiger charge is 2.27. The molecule has 14 heteroatoms. The fourth-order valence-corrected chi connectivity index (χ4v) is 7.23. The summed E-state index contributed by atoms with van der Waals surface area (Å²) >= 11 is 1.35. The highest BCUT2D eigenvalue weighted by molar-refractivity contribution is 7.95. The lowest BCUT2D eigenvalue weighted by Crippen LogP contribution is -2.53. The molecule has 13 nitrogen and oxygen atoms in total. The molecule has 8 N–H and O–H groups in total. The van der Waals surface area contributed by atoms with Gasteiger partial charge in [0.15, 0.2) is 0 Å². The van der Waals surface area contributed by atoms with Crippen molar-refractivity contribution in [2.75, 3.05) is 63.5 Å². The third-order valence-electron chi connectivity index (χ3n) is 9.68. The van der Waals surface area contributed by atoms with Crippen molar-refractivity contribution in [3.05, 3.63) is 59.7 Å². The lowest BCUT2D eigenvalue weighted by Gasteiger charge is -2.26. The Hall–Kier alpha value is -3.53. The van der Waals surface area contributed by atoms with Gasteiger partial charge in [-0.15, -0.1) is 0 Å². The van der Waals surface area contributed by atoms with Crippen molar-refractivity contribution in [1.82, 2.24) is 35.6 Å². The van der Waals surface area contributed by atoms with Crippen LogP contribution in [0.2, 0.25) is 0 Å². The third-order valence-corrected chi connectivity index (χ3v) is 10.5. The van der Waals surface area contributed by atoms with Crippen molar-refractivity contribution in [2.45, 2.75) is 95.7 Å². The number of amides is 4. The first kappa shape index (κ1) is 42.2. The molecule has 1 aliphatic carbocycles. The predicted molar refractivity (Wildman–Crippen MR) is 214 cm³/mol. The number of carbonyl (C=O) groups excluding carboxylic acids is 4. The molecule has 4 amide bonds. The van der Waals surface area contributed by atoms with E-state index in [1.165, 1.54) is 31.4 Å². The van der Waals surface area contributed by atoms with Crippen LogP contribution in [0.5, 0.6) is 0 Å². The van der Waals surface area contributed by atoms with Gasteiger partial charge in [0.25, 0.3) is 0 Å². The molecule has 4 rings (SSSR count). The van der Waals surface area contributed by atoms with Crippen LogP contribution in [0.1, 0.15) is 75.8 Å². The van der Waals surface area contributed by atoms with E-state index in [9.17, 15) is 19.2 Å². The second-order valence-electron chi connectivity index (χ2n) is 14.0. The Kier molecular flexibility index (Phi) is 19.1. The molecule has 0 bridgehead atoms. The molecule has 2 aromatic carbocycles. The second kappa shape index (κ2) is 24.0. The molecule has 1 saturated carbocycles. The zero-order valence-electron chi connectivity index (χ0n) is 31.6. The smallest absolute Gasteiger partial charge is 0.242 e. The molecule has 1 heterocycles. The van der Waals surface area contributed by atoms with Crippen LogP contribution in [0.15, 0.2) is 48.5 Å². The van der Waals surface area contributed by atoms with Crippen LogP contribution >= 0.6 is 12.1 Å². The lowest BCUT2D eigenvalue weighted by molar-refractivity contribution is -0.129. The van der Waals surface area contributed by atoms with Crippen molar-refractivity contribution in [3.63, 3.8) is 0 Å². The Morgan fingerprint density at radius 3 is 2.02 bits per heavy atom. The van der Waals surface area contributed by atoms with Gasteiger partial charge in [-0.1, -0.05) is 50.5 Å². The van der Waals surface area contributed by atoms with Crippen molar-refractivity contribution in [1.29, 1.82) is 0 Å². The number of carbonyl (C=O) groups is 4. The van der Waals surface area contributed by atoms with Gasteiger partial charge < -0.3 is 36.8 Å². The summed E-state index contributed by atoms with van der Waals surface area (Å²) in [5.41, 5.74) is 3.18. The second-order valence-corrected chi connectivity index (χ2v) is 14.7. The Morgan fingerprint density at radius 1 is 0.792 bits per heavy atom. The van der Waals surface area contributed by atoms with E-state index in [1.54, 1.807) is 6.92 Å². The summed E-state index contributed by atoms with van der Waals surface area (Å²) in [4.78, 5) is 54.4. The van der Waals surface area contributed by atoms with Crippen LogP contribution in [-0.2, 0) is 32.0 Å². The number of anilines is 2. The van der Waals surface area contributed by atoms with E-state index < -0.39 is 12.1 Å². The minimum Gasteiger partial charge on any atom is -0.354 e. The summed E-state index contributed by atoms with van der Waals surface area (Å²) < 4.78 is 6.85. The molecule has 2 atom stereocenters. The SMILES string of the molecule is CCC(=O)Nc1ccc(C[C@H](NC(=O)C(Cc2ccc(NC(=O)CCN3CCNCC3)cc2)NSNC2CCCCC2)C(=O)NCCCCNC)cc1. The molecule has 2 aromatic rings. The standard InChI is InChI=1S/C39H61N9O4S/c1-3-36(49)43-31-15-11-29(12-16-31)27-34(38(51)42-21-8-7-20-40-2)45-39(52)35(47-53-46-33-9-5-4-6-10-33)28-30-13-17-32(18-14-30)44-37(50)19-24-48-25-22-41-23-26-48/h11-18,33-35,40-41,46-47H,3-10,19-28H2,1-2H3,(H,42,51)(H,43,49)(H,44,50)(H,45,52)/t34-,35?/m0/s1. The lowest BCUT2D eigenvalue weighted by atomic mass is 9.96. The number of hydrogen-bond acceptors (Lipinski definition) is 10. The maximum atomic E-state index is 14.1. The first-order valence-corrected chi connectivity index (χ1v) is 20.2. The zero-order valence-corrected chi connectivity index (χ0v) is 32.4. The van der Waals surface area contributed by atoms with Gasteiger partial charge in [0.05, 0.1) is 0 Å². The van der Waals surface area contributed by atoms with Crippen molar-refractivity contribution < 1.29 is 19.2 Å². The molecule has 0 spiro atoms. The van der Waals surface area contributed by atoms with Crippen molar-refractivity contribution >= 4 is 47.1 Å². The molecule has 2 aliphatic rings. The number of unbranched alkanes of at least 4 members (excludes halogenated alkanes) is 1. The molecule has 1 saturated heterocycles. The van der Waals surface area contributed by atoms with Crippen LogP contribution in [0.3, 0.4) is 0 Å². The summed E-state index contributed by atoms with van der Waals surface area (Å²) in [5.74, 6) is -0.617. The van der Waals surface area contributed by atoms with Crippen LogP contribution in [0.4, 0.5) is 11.4 Å². The number of nitrogens with one attached hydrogen (secondary N) is 8. The number of benzene rings is 2. The van der Waals surface area contributed by atoms with Crippen molar-refractivity contribution in [3.8, 4) is 0 Å². The Balaban J connectivity index is 1.41. The van der Waals surface area contributed by atoms with Gasteiger partial charge in [0, 0.05) is 88.1 Å². The van der Waals surface area contributed by atoms with E-state index in [0.29, 0.717) is 49.6 Å². The largest absolute Gasteiger partial charge is 0.354 e. The summed E-state index contributed by atoms with van der Waals surface area (Å²) in [6.07, 6.45) is 9.08. The topological polar surface area (TPSA) is 168 Å². The number of hydrogen-bond donors (Lipinski definition) is 8. The van der Waals surface area contributed by atoms with Gasteiger partial charge in [-0.2, -0.15) is 0 Å². The van der Waals surface area contributed by atoms with Crippen LogP contribution in [0, 0.1) is 0 Å². The molecule has 292 valence electrons. The van der Waals surface area contributed by atoms with E-state index in [0.717, 1.165) is 76.1 Å². The highest BCUT2D eigenvalue weighted by atomic mass is 32.2. The minimum absolute atomic E-state index is 0.0212. The molecule has 0 aromatic heterocycles. The monoisotopic (exact) mass is 751 g/mol. The molecule has 1 unspecified atom stereocenters. The van der Waals surface area contributed by atoms with Gasteiger partial charge in [0.2, 0.25) is 23.6 Å². The zero-order chi connectivity index (χ0) is 37.7. The third kappa shape index (κ3) is 16.2. The fraction of sp³-hybridized carbons (Fsp3) is 0.590. The summed E-state index contributed by atoms with van der Waals surface area (Å²) in [6, 6.07) is 13.9. The number of piperazine rings is 1. The summed E-state index contributed by atoms with van der Waals surface area (Å²) in [7, 11) is 1.90. The Bertz CT molecular complexity index is 1400. The molecule has 0 radical (unpaired) electrons. The Morgan fingerprint density at radius 2 is 1.40 bits per heavy atom. The number of rotatable bonds is 22. The summed E-state index contributed by atoms with van der Waals surface area (Å²) in [5, 5.41) is 18.4. The molecule has 2 fully saturated rings. The minimum atomic E-state index is -0.803. The number of nitrogens with zero attached hydrogens (tertiary/aromatic N) is 1. The predicted octanol–water partition coefficient (Wildman–Crippen LogP) is 3.10. The molecular weight excluding hydrogens is 691 g/mol. The normalized spacial score (nSPS) is 16.3. The first-order valence-electron chi connectivity index (χ1n) is 19.4. The highest BCUT2D eigenvalue weighted by Crippen LogP contribution is 2.19. The summed E-state index contributed by atoms with van der Waals surface area (Å²) in [6.45, 7) is 7.71. The molecular formula is C39H61N9O4S. The fourth-order valence-electron chi connectivity index (χ4n) is 6.43. The average Bonchev–Trinajstić information content (AvgIpc) is 3.18. The van der Waals surface area contributed by atoms with Crippen LogP contribution < -0.4 is 41.3 Å². The van der Waals surface area contributed by atoms with Gasteiger partial charge in [-0.3, -0.25) is 19.2 Å². The van der Waals surface area contributed by atoms with E-state index in [4.69, 9.17) is 0 Å². The van der Waals surface area contributed by atoms with E-state index in [1.807, 2.05) is 55.6 Å². The van der Waals surface area contributed by atoms with Crippen LogP contribution in [-0.4, -0.2) is 99.5 Å².